The maximum atomic E-state index is 11.3. The van der Waals surface area contributed by atoms with Gasteiger partial charge in [0.2, 0.25) is 11.6 Å². The summed E-state index contributed by atoms with van der Waals surface area (Å²) < 4.78 is 0. The molecule has 76 valence electrons. The van der Waals surface area contributed by atoms with Crippen molar-refractivity contribution in [2.24, 2.45) is 0 Å². The Morgan fingerprint density at radius 3 is 2.00 bits per heavy atom. The summed E-state index contributed by atoms with van der Waals surface area (Å²) in [7, 11) is 0. The van der Waals surface area contributed by atoms with Gasteiger partial charge in [0, 0.05) is 0 Å². The summed E-state index contributed by atoms with van der Waals surface area (Å²) in [6.07, 6.45) is 0. The molecule has 7 heteroatoms. The summed E-state index contributed by atoms with van der Waals surface area (Å²) in [4.78, 5) is 22.6. The van der Waals surface area contributed by atoms with Crippen molar-refractivity contribution in [1.29, 1.82) is 0 Å². The summed E-state index contributed by atoms with van der Waals surface area (Å²) in [5, 5.41) is 9.56. The summed E-state index contributed by atoms with van der Waals surface area (Å²) >= 11 is 16.4. The number of aliphatic hydroxyl groups is 1. The number of allylic oxidation sites excluding steroid dienone is 3. The molecular formula is C7H4Cl3NO3. The predicted molar refractivity (Wildman–Crippen MR) is 51.8 cm³/mol. The van der Waals surface area contributed by atoms with Gasteiger partial charge < -0.3 is 10.4 Å². The number of Topliss-reactive ketones (excluding diaryl/α,β-unsaturated/α-hetero) is 2. The third kappa shape index (κ3) is 1.79. The largest absolute Gasteiger partial charge is 0.377 e. The second-order valence-corrected chi connectivity index (χ2v) is 3.44. The lowest BCUT2D eigenvalue weighted by Crippen LogP contribution is -2.28. The van der Waals surface area contributed by atoms with Crippen LogP contribution < -0.4 is 5.32 Å². The Morgan fingerprint density at radius 1 is 1.00 bits per heavy atom. The highest BCUT2D eigenvalue weighted by Gasteiger charge is 2.32. The summed E-state index contributed by atoms with van der Waals surface area (Å²) in [5.74, 6) is -1.45. The number of aliphatic hydroxyl groups excluding tert-OH is 1. The first-order chi connectivity index (χ1) is 6.50. The first-order valence-electron chi connectivity index (χ1n) is 3.39. The Morgan fingerprint density at radius 2 is 1.50 bits per heavy atom. The molecule has 0 atom stereocenters. The van der Waals surface area contributed by atoms with E-state index in [0.29, 0.717) is 0 Å². The van der Waals surface area contributed by atoms with Crippen LogP contribution in [0, 0.1) is 0 Å². The van der Waals surface area contributed by atoms with Crippen LogP contribution in [0.4, 0.5) is 0 Å². The van der Waals surface area contributed by atoms with Gasteiger partial charge in [-0.25, -0.2) is 0 Å². The summed E-state index contributed by atoms with van der Waals surface area (Å²) in [5.41, 5.74) is -0.242. The van der Waals surface area contributed by atoms with Gasteiger partial charge in [0.25, 0.3) is 0 Å². The van der Waals surface area contributed by atoms with E-state index in [9.17, 15) is 9.59 Å². The molecule has 2 N–H and O–H groups in total. The molecule has 0 radical (unpaired) electrons. The maximum absolute atomic E-state index is 11.3. The third-order valence-corrected chi connectivity index (χ3v) is 2.67. The van der Waals surface area contributed by atoms with Crippen molar-refractivity contribution in [3.05, 3.63) is 20.8 Å². The van der Waals surface area contributed by atoms with Crippen molar-refractivity contribution < 1.29 is 14.7 Å². The van der Waals surface area contributed by atoms with Crippen LogP contribution in [-0.4, -0.2) is 23.4 Å². The van der Waals surface area contributed by atoms with Crippen LogP contribution in [0.1, 0.15) is 0 Å². The Labute approximate surface area is 94.1 Å². The van der Waals surface area contributed by atoms with E-state index in [1.165, 1.54) is 0 Å². The van der Waals surface area contributed by atoms with Gasteiger partial charge in [-0.05, 0) is 0 Å². The molecule has 4 nitrogen and oxygen atoms in total. The average molecular weight is 256 g/mol. The Kier molecular flexibility index (Phi) is 3.55. The standard InChI is InChI=1S/C7H4Cl3NO3/c8-2-3(9)7(14)5(11-1-12)4(10)6(2)13/h11-12H,1H2. The number of hydrogen-bond donors (Lipinski definition) is 2. The van der Waals surface area contributed by atoms with Crippen molar-refractivity contribution in [1.82, 2.24) is 5.32 Å². The van der Waals surface area contributed by atoms with Crippen molar-refractivity contribution in [3.8, 4) is 0 Å². The summed E-state index contributed by atoms with van der Waals surface area (Å²) in [6, 6.07) is 0. The smallest absolute Gasteiger partial charge is 0.223 e. The quantitative estimate of drug-likeness (QED) is 0.567. The van der Waals surface area contributed by atoms with E-state index < -0.39 is 28.4 Å². The van der Waals surface area contributed by atoms with E-state index in [4.69, 9.17) is 39.9 Å². The first kappa shape index (κ1) is 11.5. The number of halogens is 3. The molecule has 0 heterocycles. The first-order valence-corrected chi connectivity index (χ1v) is 4.53. The zero-order chi connectivity index (χ0) is 10.9. The molecular weight excluding hydrogens is 252 g/mol. The van der Waals surface area contributed by atoms with Gasteiger partial charge in [0.15, 0.2) is 0 Å². The van der Waals surface area contributed by atoms with E-state index in [-0.39, 0.29) is 10.7 Å². The molecule has 1 aliphatic rings. The number of nitrogens with one attached hydrogen (secondary N) is 1. The van der Waals surface area contributed by atoms with Gasteiger partial charge >= 0.3 is 0 Å². The van der Waals surface area contributed by atoms with Crippen LogP contribution in [0.2, 0.25) is 0 Å². The Balaban J connectivity index is 3.19. The van der Waals surface area contributed by atoms with E-state index in [0.717, 1.165) is 0 Å². The molecule has 0 saturated heterocycles. The summed E-state index contributed by atoms with van der Waals surface area (Å²) in [6.45, 7) is -0.535. The van der Waals surface area contributed by atoms with E-state index in [1.54, 1.807) is 0 Å². The highest BCUT2D eigenvalue weighted by Crippen LogP contribution is 2.29. The zero-order valence-corrected chi connectivity index (χ0v) is 8.87. The molecule has 1 aliphatic carbocycles. The number of carbonyl (C=O) groups is 2. The monoisotopic (exact) mass is 255 g/mol. The minimum atomic E-state index is -0.742. The van der Waals surface area contributed by atoms with E-state index in [1.807, 2.05) is 0 Å². The Hall–Kier alpha value is -0.550. The van der Waals surface area contributed by atoms with Crippen LogP contribution in [0.5, 0.6) is 0 Å². The normalized spacial score (nSPS) is 18.0. The van der Waals surface area contributed by atoms with E-state index in [2.05, 4.69) is 5.32 Å². The van der Waals surface area contributed by atoms with Crippen molar-refractivity contribution in [2.45, 2.75) is 0 Å². The lowest BCUT2D eigenvalue weighted by atomic mass is 10.1. The second kappa shape index (κ2) is 4.31. The molecule has 0 spiro atoms. The number of hydrogen-bond acceptors (Lipinski definition) is 4. The topological polar surface area (TPSA) is 66.4 Å². The van der Waals surface area contributed by atoms with Gasteiger partial charge in [-0.2, -0.15) is 0 Å². The zero-order valence-electron chi connectivity index (χ0n) is 6.60. The van der Waals surface area contributed by atoms with E-state index >= 15 is 0 Å². The molecule has 0 bridgehead atoms. The average Bonchev–Trinajstić information content (AvgIpc) is 2.19. The maximum Gasteiger partial charge on any atom is 0.223 e. The number of ketones is 2. The fraction of sp³-hybridized carbons (Fsp3) is 0.143. The molecule has 0 amide bonds. The van der Waals surface area contributed by atoms with Crippen molar-refractivity contribution >= 4 is 46.4 Å². The van der Waals surface area contributed by atoms with Crippen LogP contribution in [0.15, 0.2) is 20.8 Å². The van der Waals surface area contributed by atoms with Gasteiger partial charge in [-0.3, -0.25) is 9.59 Å². The molecule has 1 rings (SSSR count). The number of rotatable bonds is 2. The minimum Gasteiger partial charge on any atom is -0.377 e. The van der Waals surface area contributed by atoms with Crippen LogP contribution in [0.3, 0.4) is 0 Å². The lowest BCUT2D eigenvalue weighted by molar-refractivity contribution is -0.115. The van der Waals surface area contributed by atoms with Crippen molar-refractivity contribution in [2.75, 3.05) is 6.73 Å². The molecule has 0 fully saturated rings. The second-order valence-electron chi connectivity index (χ2n) is 2.31. The Bertz CT molecular complexity index is 372. The van der Waals surface area contributed by atoms with Crippen LogP contribution >= 0.6 is 34.8 Å². The fourth-order valence-electron chi connectivity index (χ4n) is 0.856. The SMILES string of the molecule is O=C1C(Cl)=C(Cl)C(=O)C(NCO)=C1Cl. The highest BCUT2D eigenvalue weighted by atomic mass is 35.5. The van der Waals surface area contributed by atoms with Crippen molar-refractivity contribution in [3.63, 3.8) is 0 Å². The van der Waals surface area contributed by atoms with Crippen LogP contribution in [0.25, 0.3) is 0 Å². The minimum absolute atomic E-state index is 0.242. The number of carbonyl (C=O) groups excluding carboxylic acids is 2. The molecule has 0 saturated carbocycles. The van der Waals surface area contributed by atoms with Gasteiger partial charge in [0.05, 0.1) is 0 Å². The molecule has 0 aromatic rings. The fourth-order valence-corrected chi connectivity index (χ4v) is 1.51. The van der Waals surface area contributed by atoms with Gasteiger partial charge in [-0.1, -0.05) is 34.8 Å². The predicted octanol–water partition coefficient (Wildman–Crippen LogP) is 0.817. The molecule has 0 aromatic heterocycles. The lowest BCUT2D eigenvalue weighted by Gasteiger charge is -2.14. The van der Waals surface area contributed by atoms with Gasteiger partial charge in [0.1, 0.15) is 27.5 Å². The molecule has 0 aromatic carbocycles. The molecule has 0 unspecified atom stereocenters. The third-order valence-electron chi connectivity index (χ3n) is 1.49. The van der Waals surface area contributed by atoms with Gasteiger partial charge in [-0.15, -0.1) is 0 Å². The highest BCUT2D eigenvalue weighted by molar-refractivity contribution is 6.64. The molecule has 14 heavy (non-hydrogen) atoms. The van der Waals surface area contributed by atoms with Crippen LogP contribution in [-0.2, 0) is 9.59 Å². The molecule has 0 aliphatic heterocycles.